The first-order valence-electron chi connectivity index (χ1n) is 6.53. The number of aryl methyl sites for hydroxylation is 1. The first kappa shape index (κ1) is 13.8. The van der Waals surface area contributed by atoms with Gasteiger partial charge in [0.2, 0.25) is 0 Å². The minimum atomic E-state index is -0.336. The number of halogens is 1. The Kier molecular flexibility index (Phi) is 3.51. The van der Waals surface area contributed by atoms with E-state index in [0.29, 0.717) is 16.6 Å². The van der Waals surface area contributed by atoms with Crippen LogP contribution in [0.3, 0.4) is 0 Å². The normalized spacial score (nSPS) is 11.0. The van der Waals surface area contributed by atoms with E-state index in [4.69, 9.17) is 0 Å². The molecule has 21 heavy (non-hydrogen) atoms. The molecule has 0 radical (unpaired) electrons. The number of nitro benzene ring substituents is 1. The molecule has 0 spiro atoms. The van der Waals surface area contributed by atoms with Gasteiger partial charge in [0.05, 0.1) is 11.5 Å². The Hall–Kier alpha value is -2.14. The number of nitrogens with zero attached hydrogens (tertiary/aromatic N) is 2. The Labute approximate surface area is 130 Å². The molecule has 0 saturated heterocycles. The van der Waals surface area contributed by atoms with E-state index in [9.17, 15) is 10.1 Å². The van der Waals surface area contributed by atoms with Gasteiger partial charge in [-0.1, -0.05) is 28.1 Å². The Balaban J connectivity index is 2.07. The van der Waals surface area contributed by atoms with Crippen molar-refractivity contribution >= 4 is 32.5 Å². The van der Waals surface area contributed by atoms with Crippen LogP contribution in [0.5, 0.6) is 0 Å². The molecule has 0 saturated carbocycles. The van der Waals surface area contributed by atoms with Crippen LogP contribution in [0.2, 0.25) is 0 Å². The van der Waals surface area contributed by atoms with Crippen molar-refractivity contribution in [1.29, 1.82) is 0 Å². The van der Waals surface area contributed by atoms with Crippen molar-refractivity contribution in [2.24, 2.45) is 0 Å². The lowest BCUT2D eigenvalue weighted by molar-refractivity contribution is -0.385. The molecule has 0 fully saturated rings. The predicted molar refractivity (Wildman–Crippen MR) is 86.6 cm³/mol. The van der Waals surface area contributed by atoms with Crippen LogP contribution in [-0.4, -0.2) is 9.49 Å². The maximum atomic E-state index is 11.2. The molecule has 0 aliphatic carbocycles. The summed E-state index contributed by atoms with van der Waals surface area (Å²) in [6.45, 7) is 2.55. The van der Waals surface area contributed by atoms with Crippen molar-refractivity contribution in [2.75, 3.05) is 0 Å². The topological polar surface area (TPSA) is 48.1 Å². The minimum absolute atomic E-state index is 0.138. The number of benzene rings is 2. The number of rotatable bonds is 3. The monoisotopic (exact) mass is 344 g/mol. The number of hydrogen-bond acceptors (Lipinski definition) is 2. The highest BCUT2D eigenvalue weighted by molar-refractivity contribution is 9.10. The molecule has 1 aromatic heterocycles. The zero-order valence-electron chi connectivity index (χ0n) is 11.4. The van der Waals surface area contributed by atoms with Gasteiger partial charge < -0.3 is 4.57 Å². The van der Waals surface area contributed by atoms with Crippen LogP contribution in [0.1, 0.15) is 11.1 Å². The number of hydrogen-bond donors (Lipinski definition) is 0. The molecular formula is C16H13BrN2O2. The maximum absolute atomic E-state index is 11.2. The van der Waals surface area contributed by atoms with Crippen LogP contribution in [0.15, 0.2) is 53.1 Å². The SMILES string of the molecule is Cc1cccc2c1ccn2Cc1ccc(Br)cc1[N+](=O)[O-]. The third kappa shape index (κ3) is 2.56. The van der Waals surface area contributed by atoms with Gasteiger partial charge >= 0.3 is 0 Å². The Morgan fingerprint density at radius 1 is 1.24 bits per heavy atom. The van der Waals surface area contributed by atoms with Crippen molar-refractivity contribution in [3.63, 3.8) is 0 Å². The third-order valence-electron chi connectivity index (χ3n) is 3.62. The molecule has 3 rings (SSSR count). The summed E-state index contributed by atoms with van der Waals surface area (Å²) < 4.78 is 2.75. The molecule has 5 heteroatoms. The van der Waals surface area contributed by atoms with Gasteiger partial charge in [0, 0.05) is 33.2 Å². The van der Waals surface area contributed by atoms with Crippen LogP contribution < -0.4 is 0 Å². The van der Waals surface area contributed by atoms with E-state index in [1.165, 1.54) is 10.9 Å². The second-order valence-electron chi connectivity index (χ2n) is 4.98. The molecule has 0 unspecified atom stereocenters. The van der Waals surface area contributed by atoms with Crippen molar-refractivity contribution in [2.45, 2.75) is 13.5 Å². The number of fused-ring (bicyclic) bond motifs is 1. The number of aromatic nitrogens is 1. The second-order valence-corrected chi connectivity index (χ2v) is 5.90. The van der Waals surface area contributed by atoms with Gasteiger partial charge in [-0.05, 0) is 36.8 Å². The van der Waals surface area contributed by atoms with E-state index in [2.05, 4.69) is 35.0 Å². The highest BCUT2D eigenvalue weighted by Gasteiger charge is 2.15. The van der Waals surface area contributed by atoms with Crippen molar-refractivity contribution in [3.8, 4) is 0 Å². The molecule has 3 aromatic rings. The summed E-state index contributed by atoms with van der Waals surface area (Å²) in [5.74, 6) is 0. The van der Waals surface area contributed by atoms with Crippen LogP contribution in [-0.2, 0) is 6.54 Å². The van der Waals surface area contributed by atoms with Crippen LogP contribution in [0, 0.1) is 17.0 Å². The first-order chi connectivity index (χ1) is 10.1. The standard InChI is InChI=1S/C16H13BrN2O2/c1-11-3-2-4-15-14(11)7-8-18(15)10-12-5-6-13(17)9-16(12)19(20)21/h2-9H,10H2,1H3. The van der Waals surface area contributed by atoms with Gasteiger partial charge in [-0.3, -0.25) is 10.1 Å². The predicted octanol–water partition coefficient (Wildman–Crippen LogP) is 4.67. The lowest BCUT2D eigenvalue weighted by Crippen LogP contribution is -2.02. The van der Waals surface area contributed by atoms with Crippen molar-refractivity contribution in [1.82, 2.24) is 4.57 Å². The van der Waals surface area contributed by atoms with E-state index >= 15 is 0 Å². The minimum Gasteiger partial charge on any atom is -0.343 e. The fourth-order valence-electron chi connectivity index (χ4n) is 2.54. The molecule has 0 atom stereocenters. The van der Waals surface area contributed by atoms with E-state index < -0.39 is 0 Å². The smallest absolute Gasteiger partial charge is 0.275 e. The summed E-state index contributed by atoms with van der Waals surface area (Å²) in [4.78, 5) is 10.9. The molecule has 2 aromatic carbocycles. The first-order valence-corrected chi connectivity index (χ1v) is 7.33. The van der Waals surface area contributed by atoms with Gasteiger partial charge in [0.15, 0.2) is 0 Å². The summed E-state index contributed by atoms with van der Waals surface area (Å²) >= 11 is 3.28. The molecule has 0 aliphatic heterocycles. The van der Waals surface area contributed by atoms with Crippen molar-refractivity contribution in [3.05, 3.63) is 74.4 Å². The molecule has 106 valence electrons. The molecular weight excluding hydrogens is 332 g/mol. The average molecular weight is 345 g/mol. The Bertz CT molecular complexity index is 839. The Morgan fingerprint density at radius 3 is 2.81 bits per heavy atom. The van der Waals surface area contributed by atoms with E-state index in [1.807, 2.05) is 29.0 Å². The average Bonchev–Trinajstić information content (AvgIpc) is 2.85. The second kappa shape index (κ2) is 5.33. The van der Waals surface area contributed by atoms with Crippen LogP contribution >= 0.6 is 15.9 Å². The molecule has 0 aliphatic rings. The summed E-state index contributed by atoms with van der Waals surface area (Å²) in [6, 6.07) is 13.3. The van der Waals surface area contributed by atoms with Gasteiger partial charge in [0.1, 0.15) is 0 Å². The fraction of sp³-hybridized carbons (Fsp3) is 0.125. The highest BCUT2D eigenvalue weighted by atomic mass is 79.9. The van der Waals surface area contributed by atoms with E-state index in [1.54, 1.807) is 12.1 Å². The van der Waals surface area contributed by atoms with Crippen molar-refractivity contribution < 1.29 is 4.92 Å². The molecule has 0 amide bonds. The molecule has 0 bridgehead atoms. The van der Waals surface area contributed by atoms with Gasteiger partial charge in [-0.25, -0.2) is 0 Å². The van der Waals surface area contributed by atoms with Crippen LogP contribution in [0.4, 0.5) is 5.69 Å². The zero-order valence-corrected chi connectivity index (χ0v) is 13.0. The maximum Gasteiger partial charge on any atom is 0.275 e. The lowest BCUT2D eigenvalue weighted by Gasteiger charge is -2.07. The van der Waals surface area contributed by atoms with Gasteiger partial charge in [0.25, 0.3) is 5.69 Å². The molecule has 0 N–H and O–H groups in total. The Morgan fingerprint density at radius 2 is 2.05 bits per heavy atom. The third-order valence-corrected chi connectivity index (χ3v) is 4.11. The van der Waals surface area contributed by atoms with E-state index in [-0.39, 0.29) is 10.6 Å². The zero-order chi connectivity index (χ0) is 15.0. The summed E-state index contributed by atoms with van der Waals surface area (Å²) in [6.07, 6.45) is 1.98. The largest absolute Gasteiger partial charge is 0.343 e. The quantitative estimate of drug-likeness (QED) is 0.512. The lowest BCUT2D eigenvalue weighted by atomic mass is 10.1. The van der Waals surface area contributed by atoms with Crippen LogP contribution in [0.25, 0.3) is 10.9 Å². The number of nitro groups is 1. The van der Waals surface area contributed by atoms with Gasteiger partial charge in [-0.2, -0.15) is 0 Å². The van der Waals surface area contributed by atoms with E-state index in [0.717, 1.165) is 5.52 Å². The summed E-state index contributed by atoms with van der Waals surface area (Å²) in [5.41, 5.74) is 3.13. The summed E-state index contributed by atoms with van der Waals surface area (Å²) in [7, 11) is 0. The fourth-order valence-corrected chi connectivity index (χ4v) is 2.89. The molecule has 1 heterocycles. The van der Waals surface area contributed by atoms with Gasteiger partial charge in [-0.15, -0.1) is 0 Å². The molecule has 4 nitrogen and oxygen atoms in total. The summed E-state index contributed by atoms with van der Waals surface area (Å²) in [5, 5.41) is 12.4. The highest BCUT2D eigenvalue weighted by Crippen LogP contribution is 2.26.